The number of ether oxygens (including phenoxy) is 1. The van der Waals surface area contributed by atoms with Gasteiger partial charge in [-0.05, 0) is 12.3 Å². The van der Waals surface area contributed by atoms with Gasteiger partial charge in [-0.2, -0.15) is 16.1 Å². The monoisotopic (exact) mass is 309 g/mol. The highest BCUT2D eigenvalue weighted by Crippen LogP contribution is 2.26. The first-order chi connectivity index (χ1) is 8.86. The number of sulfonamides is 1. The largest absolute Gasteiger partial charge is 0.469 e. The van der Waals surface area contributed by atoms with Crippen LogP contribution < -0.4 is 0 Å². The smallest absolute Gasteiger partial charge is 0.305 e. The molecular formula is C12H23NO4S2. The van der Waals surface area contributed by atoms with Crippen LogP contribution in [0.1, 0.15) is 26.7 Å². The van der Waals surface area contributed by atoms with Gasteiger partial charge in [0.05, 0.1) is 12.9 Å². The molecular weight excluding hydrogens is 286 g/mol. The minimum atomic E-state index is -3.24. The molecule has 0 spiro atoms. The summed E-state index contributed by atoms with van der Waals surface area (Å²) >= 11 is 1.84. The van der Waals surface area contributed by atoms with Gasteiger partial charge < -0.3 is 4.74 Å². The summed E-state index contributed by atoms with van der Waals surface area (Å²) in [5.74, 6) is 0.985. The maximum absolute atomic E-state index is 12.2. The lowest BCUT2D eigenvalue weighted by Crippen LogP contribution is -2.44. The Hall–Kier alpha value is -0.270. The van der Waals surface area contributed by atoms with Gasteiger partial charge in [-0.15, -0.1) is 0 Å². The van der Waals surface area contributed by atoms with Crippen LogP contribution in [0, 0.1) is 5.92 Å². The number of carbonyl (C=O) groups excluding carboxylic acids is 1. The molecule has 1 saturated heterocycles. The quantitative estimate of drug-likeness (QED) is 0.693. The molecule has 0 unspecified atom stereocenters. The highest BCUT2D eigenvalue weighted by Gasteiger charge is 2.30. The van der Waals surface area contributed by atoms with Crippen molar-refractivity contribution in [2.24, 2.45) is 5.92 Å². The van der Waals surface area contributed by atoms with Crippen molar-refractivity contribution < 1.29 is 17.9 Å². The maximum atomic E-state index is 12.2. The van der Waals surface area contributed by atoms with Crippen molar-refractivity contribution in [1.29, 1.82) is 0 Å². The summed E-state index contributed by atoms with van der Waals surface area (Å²) in [6, 6.07) is 0. The molecule has 1 rings (SSSR count). The SMILES string of the molecule is COC(=O)CCCS(=O)(=O)N1CCS[C@@H](C(C)C)C1. The molecule has 1 fully saturated rings. The summed E-state index contributed by atoms with van der Waals surface area (Å²) in [4.78, 5) is 11.0. The summed E-state index contributed by atoms with van der Waals surface area (Å²) in [6.45, 7) is 5.40. The van der Waals surface area contributed by atoms with Crippen molar-refractivity contribution in [3.05, 3.63) is 0 Å². The molecule has 7 heteroatoms. The summed E-state index contributed by atoms with van der Waals surface area (Å²) in [7, 11) is -1.93. The van der Waals surface area contributed by atoms with Gasteiger partial charge >= 0.3 is 5.97 Å². The van der Waals surface area contributed by atoms with E-state index in [4.69, 9.17) is 0 Å². The normalized spacial score (nSPS) is 21.6. The first-order valence-corrected chi connectivity index (χ1v) is 9.19. The van der Waals surface area contributed by atoms with Crippen LogP contribution in [-0.2, 0) is 19.6 Å². The molecule has 0 bridgehead atoms. The molecule has 1 heterocycles. The first-order valence-electron chi connectivity index (χ1n) is 6.53. The number of carbonyl (C=O) groups is 1. The molecule has 0 aliphatic carbocycles. The average molecular weight is 309 g/mol. The van der Waals surface area contributed by atoms with E-state index in [9.17, 15) is 13.2 Å². The minimum absolute atomic E-state index is 0.0254. The maximum Gasteiger partial charge on any atom is 0.305 e. The third-order valence-corrected chi connectivity index (χ3v) is 6.67. The summed E-state index contributed by atoms with van der Waals surface area (Å²) in [5.41, 5.74) is 0. The average Bonchev–Trinajstić information content (AvgIpc) is 2.38. The van der Waals surface area contributed by atoms with Crippen LogP contribution in [0.4, 0.5) is 0 Å². The Balaban J connectivity index is 2.50. The van der Waals surface area contributed by atoms with Gasteiger partial charge in [0.25, 0.3) is 0 Å². The molecule has 5 nitrogen and oxygen atoms in total. The Bertz CT molecular complexity index is 395. The van der Waals surface area contributed by atoms with E-state index in [0.717, 1.165) is 5.75 Å². The number of hydrogen-bond donors (Lipinski definition) is 0. The zero-order valence-corrected chi connectivity index (χ0v) is 13.4. The second-order valence-corrected chi connectivity index (χ2v) is 8.44. The van der Waals surface area contributed by atoms with Crippen molar-refractivity contribution in [3.63, 3.8) is 0 Å². The number of hydrogen-bond acceptors (Lipinski definition) is 5. The van der Waals surface area contributed by atoms with Crippen LogP contribution in [-0.4, -0.2) is 55.6 Å². The molecule has 1 aliphatic rings. The predicted octanol–water partition coefficient (Wildman–Crippen LogP) is 1.34. The van der Waals surface area contributed by atoms with E-state index in [1.807, 2.05) is 11.8 Å². The Kier molecular flexibility index (Phi) is 6.62. The van der Waals surface area contributed by atoms with Gasteiger partial charge in [-0.1, -0.05) is 13.8 Å². The second kappa shape index (κ2) is 7.50. The molecule has 0 aromatic carbocycles. The fourth-order valence-electron chi connectivity index (χ4n) is 1.94. The van der Waals surface area contributed by atoms with Gasteiger partial charge in [0.1, 0.15) is 0 Å². The van der Waals surface area contributed by atoms with Gasteiger partial charge in [0.2, 0.25) is 10.0 Å². The highest BCUT2D eigenvalue weighted by atomic mass is 32.2. The zero-order valence-electron chi connectivity index (χ0n) is 11.8. The van der Waals surface area contributed by atoms with Gasteiger partial charge in [-0.25, -0.2) is 8.42 Å². The fourth-order valence-corrected chi connectivity index (χ4v) is 4.97. The highest BCUT2D eigenvalue weighted by molar-refractivity contribution is 8.00. The zero-order chi connectivity index (χ0) is 14.5. The van der Waals surface area contributed by atoms with Crippen LogP contribution in [0.15, 0.2) is 0 Å². The number of esters is 1. The van der Waals surface area contributed by atoms with E-state index < -0.39 is 10.0 Å². The van der Waals surface area contributed by atoms with Crippen LogP contribution >= 0.6 is 11.8 Å². The molecule has 0 saturated carbocycles. The Morgan fingerprint density at radius 2 is 2.16 bits per heavy atom. The number of thioether (sulfide) groups is 1. The summed E-state index contributed by atoms with van der Waals surface area (Å²) in [5, 5.41) is 0.365. The first kappa shape index (κ1) is 16.8. The van der Waals surface area contributed by atoms with E-state index in [2.05, 4.69) is 18.6 Å². The Labute approximate surface area is 120 Å². The molecule has 112 valence electrons. The topological polar surface area (TPSA) is 63.7 Å². The van der Waals surface area contributed by atoms with Crippen molar-refractivity contribution in [3.8, 4) is 0 Å². The van der Waals surface area contributed by atoms with Crippen molar-refractivity contribution >= 4 is 27.8 Å². The molecule has 19 heavy (non-hydrogen) atoms. The fraction of sp³-hybridized carbons (Fsp3) is 0.917. The van der Waals surface area contributed by atoms with Crippen LogP contribution in [0.2, 0.25) is 0 Å². The van der Waals surface area contributed by atoms with E-state index in [0.29, 0.717) is 30.7 Å². The minimum Gasteiger partial charge on any atom is -0.469 e. The summed E-state index contributed by atoms with van der Waals surface area (Å²) in [6.07, 6.45) is 0.483. The van der Waals surface area contributed by atoms with Crippen LogP contribution in [0.25, 0.3) is 0 Å². The lowest BCUT2D eigenvalue weighted by molar-refractivity contribution is -0.140. The third kappa shape index (κ3) is 5.31. The molecule has 0 aromatic rings. The van der Waals surface area contributed by atoms with Gasteiger partial charge in [0, 0.05) is 30.5 Å². The molecule has 1 aliphatic heterocycles. The van der Waals surface area contributed by atoms with Crippen molar-refractivity contribution in [1.82, 2.24) is 4.31 Å². The molecule has 0 aromatic heterocycles. The van der Waals surface area contributed by atoms with Crippen LogP contribution in [0.5, 0.6) is 0 Å². The predicted molar refractivity (Wildman–Crippen MR) is 77.7 cm³/mol. The lowest BCUT2D eigenvalue weighted by atomic mass is 10.1. The van der Waals surface area contributed by atoms with Crippen LogP contribution in [0.3, 0.4) is 0 Å². The molecule has 0 N–H and O–H groups in total. The van der Waals surface area contributed by atoms with E-state index in [-0.39, 0.29) is 18.1 Å². The molecule has 0 amide bonds. The number of methoxy groups -OCH3 is 1. The van der Waals surface area contributed by atoms with Crippen molar-refractivity contribution in [2.75, 3.05) is 31.7 Å². The molecule has 0 radical (unpaired) electrons. The summed E-state index contributed by atoms with van der Waals surface area (Å²) < 4.78 is 30.5. The van der Waals surface area contributed by atoms with E-state index in [1.165, 1.54) is 7.11 Å². The van der Waals surface area contributed by atoms with E-state index >= 15 is 0 Å². The second-order valence-electron chi connectivity index (χ2n) is 5.01. The van der Waals surface area contributed by atoms with E-state index in [1.54, 1.807) is 4.31 Å². The van der Waals surface area contributed by atoms with Gasteiger partial charge in [-0.3, -0.25) is 4.79 Å². The number of rotatable bonds is 6. The number of nitrogens with zero attached hydrogens (tertiary/aromatic N) is 1. The Morgan fingerprint density at radius 3 is 2.74 bits per heavy atom. The third-order valence-electron chi connectivity index (χ3n) is 3.20. The molecule has 1 atom stereocenters. The van der Waals surface area contributed by atoms with Crippen molar-refractivity contribution in [2.45, 2.75) is 31.9 Å². The lowest BCUT2D eigenvalue weighted by Gasteiger charge is -2.33. The Morgan fingerprint density at radius 1 is 1.47 bits per heavy atom. The standard InChI is InChI=1S/C12H23NO4S2/c1-10(2)11-9-13(6-7-18-11)19(15,16)8-4-5-12(14)17-3/h10-11H,4-9H2,1-3H3/t11-/m1/s1. The van der Waals surface area contributed by atoms with Gasteiger partial charge in [0.15, 0.2) is 0 Å².